The Labute approximate surface area is 102 Å². The molecule has 1 aromatic heterocycles. The summed E-state index contributed by atoms with van der Waals surface area (Å²) in [6, 6.07) is 6.28. The van der Waals surface area contributed by atoms with Gasteiger partial charge in [-0.2, -0.15) is 0 Å². The van der Waals surface area contributed by atoms with Gasteiger partial charge in [0.05, 0.1) is 7.11 Å². The highest BCUT2D eigenvalue weighted by molar-refractivity contribution is 5.86. The minimum Gasteiger partial charge on any atom is -0.497 e. The van der Waals surface area contributed by atoms with Gasteiger partial charge in [-0.25, -0.2) is 0 Å². The topological polar surface area (TPSA) is 26.2 Å². The van der Waals surface area contributed by atoms with Crippen LogP contribution in [0.4, 0.5) is 0 Å². The molecule has 0 amide bonds. The molecule has 3 nitrogen and oxygen atoms in total. The minimum atomic E-state index is 0.925. The lowest BCUT2D eigenvalue weighted by atomic mass is 10.1. The third kappa shape index (κ3) is 2.03. The summed E-state index contributed by atoms with van der Waals surface area (Å²) in [5.41, 5.74) is 4.02. The smallest absolute Gasteiger partial charge is 0.119 e. The molecule has 0 aliphatic heterocycles. The van der Waals surface area contributed by atoms with Crippen molar-refractivity contribution in [3.05, 3.63) is 29.5 Å². The van der Waals surface area contributed by atoms with Gasteiger partial charge in [-0.15, -0.1) is 0 Å². The number of ether oxygens (including phenoxy) is 1. The fourth-order valence-electron chi connectivity index (χ4n) is 2.32. The summed E-state index contributed by atoms with van der Waals surface area (Å²) in [6.45, 7) is 3.18. The Morgan fingerprint density at radius 3 is 2.76 bits per heavy atom. The highest BCUT2D eigenvalue weighted by atomic mass is 16.5. The van der Waals surface area contributed by atoms with Crippen molar-refractivity contribution in [3.8, 4) is 5.75 Å². The van der Waals surface area contributed by atoms with Crippen molar-refractivity contribution in [3.63, 3.8) is 0 Å². The number of aromatic nitrogens is 1. The van der Waals surface area contributed by atoms with Crippen LogP contribution in [0.25, 0.3) is 10.9 Å². The number of hydrogen-bond acceptors (Lipinski definition) is 2. The molecule has 0 saturated heterocycles. The second-order valence-corrected chi connectivity index (χ2v) is 4.36. The average Bonchev–Trinajstić information content (AvgIpc) is 2.59. The number of hydrogen-bond donors (Lipinski definition) is 1. The molecule has 0 atom stereocenters. The van der Waals surface area contributed by atoms with Crippen molar-refractivity contribution < 1.29 is 4.74 Å². The molecule has 17 heavy (non-hydrogen) atoms. The van der Waals surface area contributed by atoms with Crippen molar-refractivity contribution in [1.82, 2.24) is 9.88 Å². The van der Waals surface area contributed by atoms with E-state index in [0.717, 1.165) is 18.7 Å². The quantitative estimate of drug-likeness (QED) is 0.875. The summed E-state index contributed by atoms with van der Waals surface area (Å²) < 4.78 is 7.56. The number of methoxy groups -OCH3 is 1. The molecule has 2 aromatic rings. The van der Waals surface area contributed by atoms with Gasteiger partial charge in [0.15, 0.2) is 0 Å². The first-order valence-electron chi connectivity index (χ1n) is 5.95. The van der Waals surface area contributed by atoms with Crippen molar-refractivity contribution in [1.29, 1.82) is 0 Å². The maximum Gasteiger partial charge on any atom is 0.119 e. The molecule has 0 unspecified atom stereocenters. The molecular formula is C14H20N2O. The SMILES string of the molecule is CNCCc1c(C)n(C)c2ccc(OC)cc12. The number of nitrogens with one attached hydrogen (secondary N) is 1. The van der Waals surface area contributed by atoms with Crippen molar-refractivity contribution in [2.45, 2.75) is 13.3 Å². The molecule has 1 heterocycles. The van der Waals surface area contributed by atoms with Gasteiger partial charge in [0.1, 0.15) is 5.75 Å². The van der Waals surface area contributed by atoms with Gasteiger partial charge < -0.3 is 14.6 Å². The van der Waals surface area contributed by atoms with E-state index in [4.69, 9.17) is 4.74 Å². The second-order valence-electron chi connectivity index (χ2n) is 4.36. The van der Waals surface area contributed by atoms with Crippen LogP contribution < -0.4 is 10.1 Å². The van der Waals surface area contributed by atoms with Crippen LogP contribution in [-0.4, -0.2) is 25.3 Å². The van der Waals surface area contributed by atoms with Crippen LogP contribution in [0.15, 0.2) is 18.2 Å². The van der Waals surface area contributed by atoms with Crippen LogP contribution in [0.5, 0.6) is 5.75 Å². The summed E-state index contributed by atoms with van der Waals surface area (Å²) in [5, 5.41) is 4.51. The first kappa shape index (κ1) is 12.0. The molecule has 0 spiro atoms. The van der Waals surface area contributed by atoms with Crippen LogP contribution in [0.1, 0.15) is 11.3 Å². The Balaban J connectivity index is 2.58. The molecule has 1 aromatic carbocycles. The van der Waals surface area contributed by atoms with Crippen LogP contribution in [0.3, 0.4) is 0 Å². The fraction of sp³-hybridized carbons (Fsp3) is 0.429. The fourth-order valence-corrected chi connectivity index (χ4v) is 2.32. The molecule has 0 aliphatic rings. The van der Waals surface area contributed by atoms with Crippen LogP contribution >= 0.6 is 0 Å². The standard InChI is InChI=1S/C14H20N2O/c1-10-12(7-8-15-2)13-9-11(17-4)5-6-14(13)16(10)3/h5-6,9,15H,7-8H2,1-4H3. The maximum absolute atomic E-state index is 5.31. The highest BCUT2D eigenvalue weighted by Gasteiger charge is 2.11. The normalized spacial score (nSPS) is 11.1. The number of rotatable bonds is 4. The van der Waals surface area contributed by atoms with E-state index in [1.807, 2.05) is 13.1 Å². The summed E-state index contributed by atoms with van der Waals surface area (Å²) in [4.78, 5) is 0. The van der Waals surface area contributed by atoms with Gasteiger partial charge in [0, 0.05) is 23.6 Å². The number of aryl methyl sites for hydroxylation is 1. The van der Waals surface area contributed by atoms with Crippen LogP contribution in [0, 0.1) is 6.92 Å². The first-order valence-corrected chi connectivity index (χ1v) is 5.95. The minimum absolute atomic E-state index is 0.925. The molecular weight excluding hydrogens is 212 g/mol. The molecule has 1 N–H and O–H groups in total. The monoisotopic (exact) mass is 232 g/mol. The van der Waals surface area contributed by atoms with Crippen molar-refractivity contribution >= 4 is 10.9 Å². The van der Waals surface area contributed by atoms with Crippen LogP contribution in [0.2, 0.25) is 0 Å². The first-order chi connectivity index (χ1) is 8.19. The van der Waals surface area contributed by atoms with Gasteiger partial charge in [0.2, 0.25) is 0 Å². The third-order valence-corrected chi connectivity index (χ3v) is 3.46. The molecule has 0 saturated carbocycles. The largest absolute Gasteiger partial charge is 0.497 e. The summed E-state index contributed by atoms with van der Waals surface area (Å²) >= 11 is 0. The van der Waals surface area contributed by atoms with E-state index in [-0.39, 0.29) is 0 Å². The molecule has 3 heteroatoms. The van der Waals surface area contributed by atoms with Gasteiger partial charge in [0.25, 0.3) is 0 Å². The summed E-state index contributed by atoms with van der Waals surface area (Å²) in [6.07, 6.45) is 1.05. The van der Waals surface area contributed by atoms with E-state index in [0.29, 0.717) is 0 Å². The van der Waals surface area contributed by atoms with Gasteiger partial charge in [-0.3, -0.25) is 0 Å². The van der Waals surface area contributed by atoms with E-state index in [9.17, 15) is 0 Å². The van der Waals surface area contributed by atoms with E-state index in [1.165, 1.54) is 22.2 Å². The molecule has 0 bridgehead atoms. The lowest BCUT2D eigenvalue weighted by Gasteiger charge is -2.02. The number of fused-ring (bicyclic) bond motifs is 1. The predicted molar refractivity (Wildman–Crippen MR) is 71.8 cm³/mol. The molecule has 2 rings (SSSR count). The Morgan fingerprint density at radius 2 is 2.12 bits per heavy atom. The molecule has 0 aliphatic carbocycles. The molecule has 0 radical (unpaired) electrons. The van der Waals surface area contributed by atoms with E-state index >= 15 is 0 Å². The van der Waals surface area contributed by atoms with E-state index in [1.54, 1.807) is 7.11 Å². The number of nitrogens with zero attached hydrogens (tertiary/aromatic N) is 1. The van der Waals surface area contributed by atoms with Gasteiger partial charge in [-0.05, 0) is 50.7 Å². The predicted octanol–water partition coefficient (Wildman–Crippen LogP) is 2.26. The van der Waals surface area contributed by atoms with Crippen molar-refractivity contribution in [2.75, 3.05) is 20.7 Å². The maximum atomic E-state index is 5.31. The highest BCUT2D eigenvalue weighted by Crippen LogP contribution is 2.28. The zero-order valence-corrected chi connectivity index (χ0v) is 11.0. The third-order valence-electron chi connectivity index (χ3n) is 3.46. The summed E-state index contributed by atoms with van der Waals surface area (Å²) in [5.74, 6) is 0.925. The Kier molecular flexibility index (Phi) is 3.38. The zero-order chi connectivity index (χ0) is 12.4. The Morgan fingerprint density at radius 1 is 1.35 bits per heavy atom. The Bertz CT molecular complexity index is 528. The van der Waals surface area contributed by atoms with Crippen molar-refractivity contribution in [2.24, 2.45) is 7.05 Å². The summed E-state index contributed by atoms with van der Waals surface area (Å²) in [7, 11) is 5.82. The van der Waals surface area contributed by atoms with Gasteiger partial charge >= 0.3 is 0 Å². The molecule has 92 valence electrons. The lowest BCUT2D eigenvalue weighted by Crippen LogP contribution is -2.10. The van der Waals surface area contributed by atoms with E-state index < -0.39 is 0 Å². The average molecular weight is 232 g/mol. The number of likely N-dealkylation sites (N-methyl/N-ethyl adjacent to an activating group) is 1. The second kappa shape index (κ2) is 4.80. The van der Waals surface area contributed by atoms with Gasteiger partial charge in [-0.1, -0.05) is 0 Å². The zero-order valence-electron chi connectivity index (χ0n) is 11.0. The van der Waals surface area contributed by atoms with Crippen LogP contribution in [-0.2, 0) is 13.5 Å². The number of benzene rings is 1. The molecule has 0 fully saturated rings. The lowest BCUT2D eigenvalue weighted by molar-refractivity contribution is 0.415. The van der Waals surface area contributed by atoms with E-state index in [2.05, 4.69) is 36.0 Å². The Hall–Kier alpha value is -1.48.